The van der Waals surface area contributed by atoms with Gasteiger partial charge in [0.15, 0.2) is 5.79 Å². The maximum Gasteiger partial charge on any atom is 0.456 e. The van der Waals surface area contributed by atoms with E-state index in [1.165, 1.54) is 13.1 Å². The number of ether oxygens (including phenoxy) is 2. The molecule has 0 amide bonds. The first-order chi connectivity index (χ1) is 22.8. The van der Waals surface area contributed by atoms with Gasteiger partial charge in [-0.15, -0.1) is 0 Å². The van der Waals surface area contributed by atoms with Gasteiger partial charge in [-0.05, 0) is 85.5 Å². The maximum absolute atomic E-state index is 15.4. The number of hydrogen-bond donors (Lipinski definition) is 2. The van der Waals surface area contributed by atoms with E-state index in [0.717, 1.165) is 11.1 Å². The Labute approximate surface area is 285 Å². The molecule has 1 saturated heterocycles. The second kappa shape index (κ2) is 12.3. The summed E-state index contributed by atoms with van der Waals surface area (Å²) in [6, 6.07) is 7.19. The molecular formula is C38H48F5NO5. The average Bonchev–Trinajstić information content (AvgIpc) is 3.30. The fraction of sp³-hybridized carbons (Fsp3) is 0.711. The van der Waals surface area contributed by atoms with Gasteiger partial charge >= 0.3 is 12.1 Å². The van der Waals surface area contributed by atoms with Gasteiger partial charge in [-0.3, -0.25) is 0 Å². The van der Waals surface area contributed by atoms with Crippen molar-refractivity contribution >= 4 is 6.21 Å². The lowest BCUT2D eigenvalue weighted by atomic mass is 9.49. The van der Waals surface area contributed by atoms with Crippen molar-refractivity contribution in [2.75, 3.05) is 19.8 Å². The minimum Gasteiger partial charge on any atom is -0.395 e. The molecule has 6 nitrogen and oxygen atoms in total. The van der Waals surface area contributed by atoms with Crippen LogP contribution in [0.3, 0.4) is 0 Å². The lowest BCUT2D eigenvalue weighted by Crippen LogP contribution is -2.65. The minimum atomic E-state index is -5.91. The van der Waals surface area contributed by atoms with Crippen molar-refractivity contribution in [1.29, 1.82) is 0 Å². The number of rotatable bonds is 5. The summed E-state index contributed by atoms with van der Waals surface area (Å²) < 4.78 is 85.2. The number of benzene rings is 1. The number of nitrogens with zero attached hydrogens (tertiary/aromatic N) is 1. The summed E-state index contributed by atoms with van der Waals surface area (Å²) >= 11 is 0. The van der Waals surface area contributed by atoms with Crippen LogP contribution in [0.5, 0.6) is 0 Å². The molecule has 0 aromatic heterocycles. The molecule has 1 spiro atoms. The van der Waals surface area contributed by atoms with Crippen LogP contribution >= 0.6 is 0 Å². The van der Waals surface area contributed by atoms with E-state index in [9.17, 15) is 23.4 Å². The fourth-order valence-corrected chi connectivity index (χ4v) is 9.48. The Bertz CT molecular complexity index is 1530. The molecule has 1 heterocycles. The Morgan fingerprint density at radius 3 is 2.31 bits per heavy atom. The van der Waals surface area contributed by atoms with Crippen LogP contribution in [-0.2, 0) is 14.3 Å². The number of oxime groups is 1. The summed E-state index contributed by atoms with van der Waals surface area (Å²) in [5.41, 5.74) is -3.36. The molecule has 11 heteroatoms. The van der Waals surface area contributed by atoms with Gasteiger partial charge in [0, 0.05) is 35.2 Å². The van der Waals surface area contributed by atoms with E-state index in [1.807, 2.05) is 26.0 Å². The molecule has 1 aliphatic heterocycles. The van der Waals surface area contributed by atoms with E-state index in [0.29, 0.717) is 62.5 Å². The SMILES string of the molecule is CC(C)CON=CC#Cc1ccc([C@H]2C[C@@]3(C)[C@@H](CC[C@@]3(O)C(F)(F)C(F)(F)F)[C@@H]3CC[C@@]4(O)CC5(CCC4=C32)OCC(C)(C)CO5)cc1. The van der Waals surface area contributed by atoms with Crippen molar-refractivity contribution in [2.45, 2.75) is 121 Å². The van der Waals surface area contributed by atoms with Crippen LogP contribution in [0, 0.1) is 40.4 Å². The second-order valence-corrected chi connectivity index (χ2v) is 16.5. The van der Waals surface area contributed by atoms with Crippen molar-refractivity contribution in [2.24, 2.45) is 33.7 Å². The number of hydrogen-bond acceptors (Lipinski definition) is 6. The first-order valence-electron chi connectivity index (χ1n) is 17.4. The lowest BCUT2D eigenvalue weighted by Gasteiger charge is -2.59. The maximum atomic E-state index is 15.4. The van der Waals surface area contributed by atoms with E-state index in [1.54, 1.807) is 12.1 Å². The van der Waals surface area contributed by atoms with E-state index in [4.69, 9.17) is 14.3 Å². The predicted octanol–water partition coefficient (Wildman–Crippen LogP) is 7.92. The zero-order valence-electron chi connectivity index (χ0n) is 28.9. The quantitative estimate of drug-likeness (QED) is 0.108. The van der Waals surface area contributed by atoms with Gasteiger partial charge in [-0.1, -0.05) is 63.4 Å². The number of aliphatic hydroxyl groups is 2. The molecule has 6 rings (SSSR count). The highest BCUT2D eigenvalue weighted by Crippen LogP contribution is 2.71. The molecule has 49 heavy (non-hydrogen) atoms. The van der Waals surface area contributed by atoms with Crippen LogP contribution in [0.1, 0.15) is 103 Å². The zero-order valence-corrected chi connectivity index (χ0v) is 28.9. The lowest BCUT2D eigenvalue weighted by molar-refractivity contribution is -0.362. The molecule has 6 atom stereocenters. The monoisotopic (exact) mass is 693 g/mol. The van der Waals surface area contributed by atoms with Crippen LogP contribution < -0.4 is 0 Å². The van der Waals surface area contributed by atoms with E-state index in [-0.39, 0.29) is 30.6 Å². The molecule has 1 aromatic rings. The molecule has 3 saturated carbocycles. The van der Waals surface area contributed by atoms with Gasteiger partial charge in [-0.2, -0.15) is 22.0 Å². The molecule has 1 aromatic carbocycles. The Balaban J connectivity index is 1.39. The first kappa shape index (κ1) is 36.3. The Morgan fingerprint density at radius 1 is 1.00 bits per heavy atom. The highest BCUT2D eigenvalue weighted by Gasteiger charge is 2.79. The number of allylic oxidation sites excluding steroid dienone is 1. The van der Waals surface area contributed by atoms with Crippen LogP contribution in [0.25, 0.3) is 0 Å². The highest BCUT2D eigenvalue weighted by atomic mass is 19.4. The zero-order chi connectivity index (χ0) is 35.7. The highest BCUT2D eigenvalue weighted by molar-refractivity contribution is 5.78. The van der Waals surface area contributed by atoms with Crippen LogP contribution in [-0.4, -0.2) is 65.3 Å². The van der Waals surface area contributed by atoms with Gasteiger partial charge in [0.1, 0.15) is 18.4 Å². The molecule has 0 bridgehead atoms. The molecule has 2 N–H and O–H groups in total. The van der Waals surface area contributed by atoms with Gasteiger partial charge in [-0.25, -0.2) is 0 Å². The summed E-state index contributed by atoms with van der Waals surface area (Å²) in [5, 5.41) is 27.7. The number of halogens is 5. The van der Waals surface area contributed by atoms with Gasteiger partial charge in [0.25, 0.3) is 0 Å². The normalized spacial score (nSPS) is 35.5. The van der Waals surface area contributed by atoms with Crippen molar-refractivity contribution in [1.82, 2.24) is 0 Å². The third-order valence-corrected chi connectivity index (χ3v) is 12.0. The third kappa shape index (κ3) is 6.13. The molecule has 4 fully saturated rings. The van der Waals surface area contributed by atoms with E-state index >= 15 is 8.78 Å². The Morgan fingerprint density at radius 2 is 1.67 bits per heavy atom. The molecule has 0 radical (unpaired) electrons. The smallest absolute Gasteiger partial charge is 0.395 e. The number of alkyl halides is 5. The average molecular weight is 694 g/mol. The van der Waals surface area contributed by atoms with Crippen molar-refractivity contribution in [3.05, 3.63) is 46.5 Å². The minimum absolute atomic E-state index is 0.0352. The summed E-state index contributed by atoms with van der Waals surface area (Å²) in [4.78, 5) is 5.17. The summed E-state index contributed by atoms with van der Waals surface area (Å²) in [6.07, 6.45) is -3.42. The van der Waals surface area contributed by atoms with Gasteiger partial charge < -0.3 is 24.5 Å². The van der Waals surface area contributed by atoms with E-state index < -0.39 is 52.8 Å². The summed E-state index contributed by atoms with van der Waals surface area (Å²) in [5.74, 6) is -1.71. The van der Waals surface area contributed by atoms with Crippen molar-refractivity contribution in [3.63, 3.8) is 0 Å². The molecule has 270 valence electrons. The first-order valence-corrected chi connectivity index (χ1v) is 17.4. The summed E-state index contributed by atoms with van der Waals surface area (Å²) in [7, 11) is 0. The standard InChI is InChI=1S/C38H48F5NO5/c1-24(2)20-49-44-18-6-7-25-8-10-26(11-9-25)28-19-33(5)29(14-17-36(33,46)37(39,40)38(41,42)43)27-12-15-34(45)21-35(16-13-30(34)31(27)28)47-22-32(3,4)23-48-35/h8-11,18,24,27-29,45-46H,12-17,19-23H2,1-5H3/t27-,28+,29-,33-,34+,36-/m0/s1. The Kier molecular flexibility index (Phi) is 9.12. The predicted molar refractivity (Wildman–Crippen MR) is 174 cm³/mol. The summed E-state index contributed by atoms with van der Waals surface area (Å²) in [6.45, 7) is 11.0. The third-order valence-electron chi connectivity index (χ3n) is 12.0. The van der Waals surface area contributed by atoms with Gasteiger partial charge in [0.2, 0.25) is 0 Å². The molecule has 5 aliphatic rings. The number of fused-ring (bicyclic) bond motifs is 4. The fourth-order valence-electron chi connectivity index (χ4n) is 9.48. The second-order valence-electron chi connectivity index (χ2n) is 16.5. The topological polar surface area (TPSA) is 80.5 Å². The van der Waals surface area contributed by atoms with Crippen LogP contribution in [0.2, 0.25) is 0 Å². The van der Waals surface area contributed by atoms with Crippen LogP contribution in [0.15, 0.2) is 40.6 Å². The largest absolute Gasteiger partial charge is 0.456 e. The molecule has 4 aliphatic carbocycles. The molecule has 0 unspecified atom stereocenters. The van der Waals surface area contributed by atoms with Gasteiger partial charge in [0.05, 0.1) is 18.8 Å². The van der Waals surface area contributed by atoms with Crippen molar-refractivity contribution in [3.8, 4) is 11.8 Å². The Hall–Kier alpha value is -2.52. The van der Waals surface area contributed by atoms with Crippen molar-refractivity contribution < 1.29 is 46.5 Å². The molecular weight excluding hydrogens is 645 g/mol. The van der Waals surface area contributed by atoms with E-state index in [2.05, 4.69) is 30.8 Å². The van der Waals surface area contributed by atoms with Crippen LogP contribution in [0.4, 0.5) is 22.0 Å².